The molecule has 2 fully saturated rings. The highest BCUT2D eigenvalue weighted by atomic mass is 16.2. The molecule has 3 heterocycles. The first kappa shape index (κ1) is 20.4. The molecule has 1 unspecified atom stereocenters. The number of carbonyl (C=O) groups is 2. The van der Waals surface area contributed by atoms with Gasteiger partial charge in [0.05, 0.1) is 5.69 Å². The molecule has 2 amide bonds. The lowest BCUT2D eigenvalue weighted by molar-refractivity contribution is -0.138. The zero-order valence-electron chi connectivity index (χ0n) is 17.8. The number of rotatable bonds is 3. The molecule has 0 aliphatic carbocycles. The van der Waals surface area contributed by atoms with Crippen molar-refractivity contribution >= 4 is 11.8 Å². The maximum absolute atomic E-state index is 12.9. The average molecular weight is 411 g/mol. The van der Waals surface area contributed by atoms with Crippen LogP contribution in [-0.4, -0.2) is 57.3 Å². The monoisotopic (exact) mass is 410 g/mol. The van der Waals surface area contributed by atoms with Gasteiger partial charge in [-0.1, -0.05) is 6.92 Å². The van der Waals surface area contributed by atoms with Gasteiger partial charge in [0, 0.05) is 49.6 Å². The van der Waals surface area contributed by atoms with Crippen molar-refractivity contribution in [2.75, 3.05) is 26.2 Å². The van der Waals surface area contributed by atoms with Crippen molar-refractivity contribution in [3.8, 4) is 5.69 Å². The molecule has 160 valence electrons. The lowest BCUT2D eigenvalue weighted by Crippen LogP contribution is -2.47. The number of nitrogens with one attached hydrogen (secondary N) is 1. The number of piperidine rings is 2. The lowest BCUT2D eigenvalue weighted by Gasteiger charge is -2.37. The maximum Gasteiger partial charge on any atom is 0.330 e. The summed E-state index contributed by atoms with van der Waals surface area (Å²) in [7, 11) is 0. The summed E-state index contributed by atoms with van der Waals surface area (Å²) < 4.78 is 1.58. The van der Waals surface area contributed by atoms with Crippen molar-refractivity contribution in [2.45, 2.75) is 39.5 Å². The van der Waals surface area contributed by atoms with Gasteiger partial charge in [-0.2, -0.15) is 0 Å². The first-order chi connectivity index (χ1) is 14.4. The van der Waals surface area contributed by atoms with Crippen LogP contribution in [0.15, 0.2) is 35.3 Å². The highest BCUT2D eigenvalue weighted by molar-refractivity contribution is 5.94. The third kappa shape index (κ3) is 4.06. The Balaban J connectivity index is 1.36. The number of hydrogen-bond acceptors (Lipinski definition) is 3. The highest BCUT2D eigenvalue weighted by Gasteiger charge is 2.32. The van der Waals surface area contributed by atoms with E-state index in [4.69, 9.17) is 0 Å². The Labute approximate surface area is 176 Å². The normalized spacial score (nSPS) is 20.4. The fourth-order valence-electron chi connectivity index (χ4n) is 4.69. The molecule has 2 aliphatic rings. The van der Waals surface area contributed by atoms with E-state index in [1.165, 1.54) is 6.42 Å². The van der Waals surface area contributed by atoms with Gasteiger partial charge in [0.2, 0.25) is 5.91 Å². The number of imidazole rings is 1. The van der Waals surface area contributed by atoms with Gasteiger partial charge in [-0.15, -0.1) is 0 Å². The summed E-state index contributed by atoms with van der Waals surface area (Å²) in [4.78, 5) is 44.2. The van der Waals surface area contributed by atoms with Crippen molar-refractivity contribution in [2.24, 2.45) is 11.8 Å². The van der Waals surface area contributed by atoms with Crippen molar-refractivity contribution in [3.63, 3.8) is 0 Å². The van der Waals surface area contributed by atoms with Crippen LogP contribution in [0.1, 0.15) is 48.7 Å². The molecule has 2 aromatic rings. The van der Waals surface area contributed by atoms with Gasteiger partial charge in [-0.3, -0.25) is 14.2 Å². The predicted octanol–water partition coefficient (Wildman–Crippen LogP) is 2.58. The molecule has 2 saturated heterocycles. The van der Waals surface area contributed by atoms with Crippen molar-refractivity contribution in [1.29, 1.82) is 0 Å². The van der Waals surface area contributed by atoms with Gasteiger partial charge in [-0.25, -0.2) is 4.79 Å². The second-order valence-corrected chi connectivity index (χ2v) is 8.72. The second kappa shape index (κ2) is 8.50. The number of nitrogens with zero attached hydrogens (tertiary/aromatic N) is 3. The Morgan fingerprint density at radius 2 is 1.70 bits per heavy atom. The van der Waals surface area contributed by atoms with Crippen LogP contribution in [0.2, 0.25) is 0 Å². The third-order valence-electron chi connectivity index (χ3n) is 6.43. The van der Waals surface area contributed by atoms with Crippen LogP contribution >= 0.6 is 0 Å². The quantitative estimate of drug-likeness (QED) is 0.845. The predicted molar refractivity (Wildman–Crippen MR) is 115 cm³/mol. The number of benzene rings is 1. The fraction of sp³-hybridized carbons (Fsp3) is 0.522. The minimum Gasteiger partial charge on any atom is -0.342 e. The van der Waals surface area contributed by atoms with Gasteiger partial charge in [0.15, 0.2) is 0 Å². The van der Waals surface area contributed by atoms with Gasteiger partial charge < -0.3 is 14.8 Å². The van der Waals surface area contributed by atoms with E-state index in [2.05, 4.69) is 11.9 Å². The summed E-state index contributed by atoms with van der Waals surface area (Å²) >= 11 is 0. The van der Waals surface area contributed by atoms with Crippen LogP contribution in [-0.2, 0) is 4.79 Å². The zero-order valence-corrected chi connectivity index (χ0v) is 17.8. The first-order valence-electron chi connectivity index (χ1n) is 10.9. The number of aryl methyl sites for hydroxylation is 1. The smallest absolute Gasteiger partial charge is 0.330 e. The molecule has 7 nitrogen and oxygen atoms in total. The summed E-state index contributed by atoms with van der Waals surface area (Å²) in [6.45, 7) is 7.02. The molecule has 1 atom stereocenters. The van der Waals surface area contributed by atoms with Gasteiger partial charge in [0.1, 0.15) is 0 Å². The van der Waals surface area contributed by atoms with E-state index < -0.39 is 0 Å². The van der Waals surface area contributed by atoms with Crippen LogP contribution in [0, 0.1) is 18.8 Å². The van der Waals surface area contributed by atoms with Gasteiger partial charge >= 0.3 is 5.69 Å². The Kier molecular flexibility index (Phi) is 5.79. The van der Waals surface area contributed by atoms with Gasteiger partial charge in [0.25, 0.3) is 5.91 Å². The third-order valence-corrected chi connectivity index (χ3v) is 6.43. The van der Waals surface area contributed by atoms with E-state index >= 15 is 0 Å². The molecular formula is C23H30N4O3. The van der Waals surface area contributed by atoms with E-state index in [1.54, 1.807) is 35.0 Å². The van der Waals surface area contributed by atoms with E-state index in [9.17, 15) is 14.4 Å². The maximum atomic E-state index is 12.9. The van der Waals surface area contributed by atoms with Gasteiger partial charge in [-0.05, 0) is 62.8 Å². The number of carbonyl (C=O) groups excluding carboxylic acids is 2. The van der Waals surface area contributed by atoms with Crippen LogP contribution < -0.4 is 5.69 Å². The largest absolute Gasteiger partial charge is 0.342 e. The molecule has 30 heavy (non-hydrogen) atoms. The first-order valence-corrected chi connectivity index (χ1v) is 10.9. The van der Waals surface area contributed by atoms with Crippen molar-refractivity contribution in [1.82, 2.24) is 19.4 Å². The van der Waals surface area contributed by atoms with Crippen LogP contribution in [0.5, 0.6) is 0 Å². The summed E-state index contributed by atoms with van der Waals surface area (Å²) in [5, 5.41) is 0. The Bertz CT molecular complexity index is 967. The van der Waals surface area contributed by atoms with E-state index in [0.29, 0.717) is 24.6 Å². The topological polar surface area (TPSA) is 78.4 Å². The molecule has 0 radical (unpaired) electrons. The molecule has 0 spiro atoms. The summed E-state index contributed by atoms with van der Waals surface area (Å²) in [5.41, 5.74) is 1.96. The van der Waals surface area contributed by atoms with Crippen molar-refractivity contribution in [3.05, 3.63) is 52.2 Å². The minimum atomic E-state index is -0.193. The molecule has 2 aliphatic heterocycles. The molecule has 4 rings (SSSR count). The highest BCUT2D eigenvalue weighted by Crippen LogP contribution is 2.24. The Hall–Kier alpha value is -2.83. The number of H-pyrrole nitrogens is 1. The number of hydrogen-bond donors (Lipinski definition) is 1. The molecule has 1 N–H and O–H groups in total. The second-order valence-electron chi connectivity index (χ2n) is 8.72. The summed E-state index contributed by atoms with van der Waals surface area (Å²) in [6, 6.07) is 7.12. The summed E-state index contributed by atoms with van der Waals surface area (Å²) in [6.07, 6.45) is 5.41. The standard InChI is InChI=1S/C23H30N4O3/c1-16-4-3-11-26(15-16)22(29)19-9-12-25(13-10-19)21(28)18-5-7-20(8-6-18)27-17(2)14-24-23(27)30/h5-8,14,16,19H,3-4,9-13,15H2,1-2H3,(H,24,30). The Morgan fingerprint density at radius 3 is 2.30 bits per heavy atom. The summed E-state index contributed by atoms with van der Waals surface area (Å²) in [5.74, 6) is 0.867. The van der Waals surface area contributed by atoms with E-state index in [1.807, 2.05) is 16.7 Å². The van der Waals surface area contributed by atoms with Crippen LogP contribution in [0.4, 0.5) is 0 Å². The molecular weight excluding hydrogens is 380 g/mol. The number of likely N-dealkylation sites (tertiary alicyclic amines) is 2. The number of aromatic nitrogens is 2. The van der Waals surface area contributed by atoms with E-state index in [-0.39, 0.29) is 23.4 Å². The van der Waals surface area contributed by atoms with Crippen LogP contribution in [0.25, 0.3) is 5.69 Å². The minimum absolute atomic E-state index is 0.0165. The van der Waals surface area contributed by atoms with Crippen molar-refractivity contribution < 1.29 is 9.59 Å². The molecule has 7 heteroatoms. The SMILES string of the molecule is Cc1c[nH]c(=O)n1-c1ccc(C(=O)N2CCC(C(=O)N3CCCC(C)C3)CC2)cc1. The number of aromatic amines is 1. The molecule has 0 bridgehead atoms. The lowest BCUT2D eigenvalue weighted by atomic mass is 9.92. The fourth-order valence-corrected chi connectivity index (χ4v) is 4.69. The van der Waals surface area contributed by atoms with E-state index in [0.717, 1.165) is 43.7 Å². The molecule has 0 saturated carbocycles. The molecule has 1 aromatic heterocycles. The molecule has 1 aromatic carbocycles. The zero-order chi connectivity index (χ0) is 21.3. The average Bonchev–Trinajstić information content (AvgIpc) is 3.11. The van der Waals surface area contributed by atoms with Crippen LogP contribution in [0.3, 0.4) is 0 Å². The Morgan fingerprint density at radius 1 is 1.00 bits per heavy atom. The number of amides is 2.